The summed E-state index contributed by atoms with van der Waals surface area (Å²) in [4.78, 5) is 31.5. The van der Waals surface area contributed by atoms with Gasteiger partial charge in [-0.3, -0.25) is 9.32 Å². The van der Waals surface area contributed by atoms with Gasteiger partial charge >= 0.3 is 17.5 Å². The van der Waals surface area contributed by atoms with Gasteiger partial charge in [-0.25, -0.2) is 9.78 Å². The number of benzene rings is 3. The quantitative estimate of drug-likeness (QED) is 0.171. The number of para-hydroxylation sites is 1. The maximum Gasteiger partial charge on any atom is 0.439 e. The Hall–Kier alpha value is -4.74. The van der Waals surface area contributed by atoms with Gasteiger partial charge in [-0.15, -0.1) is 11.3 Å². The zero-order valence-electron chi connectivity index (χ0n) is 20.7. The maximum atomic E-state index is 13.8. The highest BCUT2D eigenvalue weighted by atomic mass is 35.5. The number of hydrogen-bond acceptors (Lipinski definition) is 6. The van der Waals surface area contributed by atoms with Crippen molar-refractivity contribution in [2.24, 2.45) is 0 Å². The lowest BCUT2D eigenvalue weighted by Crippen LogP contribution is -2.41. The minimum absolute atomic E-state index is 0.0329. The highest BCUT2D eigenvalue weighted by Crippen LogP contribution is 2.42. The van der Waals surface area contributed by atoms with Gasteiger partial charge < -0.3 is 5.73 Å². The van der Waals surface area contributed by atoms with Crippen LogP contribution in [0, 0.1) is 0 Å². The molecule has 0 radical (unpaired) electrons. The van der Waals surface area contributed by atoms with Crippen molar-refractivity contribution in [3.8, 4) is 28.1 Å². The summed E-state index contributed by atoms with van der Waals surface area (Å²) in [7, 11) is 0. The van der Waals surface area contributed by atoms with Gasteiger partial charge in [-0.05, 0) is 51.4 Å². The molecule has 0 aliphatic carbocycles. The first-order valence-corrected chi connectivity index (χ1v) is 13.2. The second-order valence-electron chi connectivity index (χ2n) is 8.99. The van der Waals surface area contributed by atoms with E-state index in [2.05, 4.69) is 5.27 Å². The van der Waals surface area contributed by atoms with Gasteiger partial charge in [0.05, 0.1) is 16.9 Å². The lowest BCUT2D eigenvalue weighted by Gasteiger charge is -2.11. The van der Waals surface area contributed by atoms with Crippen molar-refractivity contribution in [3.63, 3.8) is 0 Å². The Labute approximate surface area is 238 Å². The number of ketones is 1. The molecule has 0 spiro atoms. The minimum Gasteiger partial charge on any atom is -0.397 e. The smallest absolute Gasteiger partial charge is 0.397 e. The van der Waals surface area contributed by atoms with Gasteiger partial charge in [-0.1, -0.05) is 54.1 Å². The number of nitrogens with zero attached hydrogens (tertiary/aromatic N) is 2. The largest absolute Gasteiger partial charge is 0.439 e. The van der Waals surface area contributed by atoms with E-state index in [-0.39, 0.29) is 16.3 Å². The third-order valence-electron chi connectivity index (χ3n) is 6.44. The number of aromatic amines is 1. The lowest BCUT2D eigenvalue weighted by atomic mass is 9.98. The van der Waals surface area contributed by atoms with Crippen LogP contribution in [0.4, 0.5) is 18.9 Å². The Bertz CT molecular complexity index is 1980. The number of pyridine rings is 1. The molecule has 0 saturated heterocycles. The molecular formula is C29H17ClF3N4O3S+. The van der Waals surface area contributed by atoms with Crippen LogP contribution in [0.3, 0.4) is 0 Å². The number of nitrogens with two attached hydrogens (primary N) is 1. The third kappa shape index (κ3) is 4.79. The molecule has 0 amide bonds. The number of halogens is 4. The number of alkyl halides is 3. The molecule has 0 aliphatic heterocycles. The summed E-state index contributed by atoms with van der Waals surface area (Å²) >= 11 is 7.02. The fourth-order valence-corrected chi connectivity index (χ4v) is 5.64. The summed E-state index contributed by atoms with van der Waals surface area (Å²) in [6, 6.07) is 21.8. The molecule has 0 fully saturated rings. The van der Waals surface area contributed by atoms with Crippen LogP contribution in [0.1, 0.15) is 20.9 Å². The Morgan fingerprint density at radius 3 is 2.29 bits per heavy atom. The molecule has 0 saturated carbocycles. The second-order valence-corrected chi connectivity index (χ2v) is 10.4. The van der Waals surface area contributed by atoms with Gasteiger partial charge in [0, 0.05) is 28.1 Å². The Morgan fingerprint density at radius 1 is 0.976 bits per heavy atom. The van der Waals surface area contributed by atoms with Crippen molar-refractivity contribution in [1.82, 2.24) is 10.3 Å². The number of rotatable bonds is 5. The van der Waals surface area contributed by atoms with E-state index < -0.39 is 23.1 Å². The monoisotopic (exact) mass is 593 g/mol. The van der Waals surface area contributed by atoms with E-state index in [0.29, 0.717) is 43.3 Å². The van der Waals surface area contributed by atoms with E-state index in [9.17, 15) is 22.8 Å². The topological polar surface area (TPSA) is 106 Å². The molecule has 0 aliphatic rings. The Kier molecular flexibility index (Phi) is 6.47. The van der Waals surface area contributed by atoms with Crippen LogP contribution in [0.15, 0.2) is 94.2 Å². The fourth-order valence-electron chi connectivity index (χ4n) is 4.46. The normalized spacial score (nSPS) is 11.7. The van der Waals surface area contributed by atoms with Gasteiger partial charge in [0.15, 0.2) is 0 Å². The SMILES string of the molecule is Nc1c(C(=O)c2c(=O)o[nH][n+]2-c2ccccc2)sc2nc(-c3ccc(Cl)cc3)cc(-c3ccc(C(F)(F)F)cc3)c12. The first kappa shape index (κ1) is 26.5. The van der Waals surface area contributed by atoms with Crippen molar-refractivity contribution >= 4 is 44.6 Å². The van der Waals surface area contributed by atoms with Gasteiger partial charge in [0.1, 0.15) is 9.71 Å². The van der Waals surface area contributed by atoms with Crippen molar-refractivity contribution in [1.29, 1.82) is 0 Å². The van der Waals surface area contributed by atoms with E-state index in [1.807, 2.05) is 0 Å². The number of hydrogen-bond donors (Lipinski definition) is 2. The number of nitrogen functional groups attached to an aromatic ring is 1. The van der Waals surface area contributed by atoms with Gasteiger partial charge in [0.2, 0.25) is 5.69 Å². The fraction of sp³-hybridized carbons (Fsp3) is 0.0345. The minimum atomic E-state index is -4.51. The maximum absolute atomic E-state index is 13.8. The molecule has 204 valence electrons. The van der Waals surface area contributed by atoms with Crippen molar-refractivity contribution in [2.45, 2.75) is 6.18 Å². The Balaban J connectivity index is 1.56. The van der Waals surface area contributed by atoms with Crippen molar-refractivity contribution in [3.05, 3.63) is 117 Å². The molecular weight excluding hydrogens is 577 g/mol. The molecule has 6 rings (SSSR count). The first-order valence-electron chi connectivity index (χ1n) is 12.0. The number of anilines is 1. The predicted molar refractivity (Wildman–Crippen MR) is 149 cm³/mol. The van der Waals surface area contributed by atoms with Gasteiger partial charge in [0.25, 0.3) is 5.78 Å². The van der Waals surface area contributed by atoms with E-state index in [1.165, 1.54) is 16.8 Å². The van der Waals surface area contributed by atoms with Crippen LogP contribution in [-0.4, -0.2) is 16.0 Å². The summed E-state index contributed by atoms with van der Waals surface area (Å²) < 4.78 is 45.9. The molecule has 3 heterocycles. The molecule has 0 unspecified atom stereocenters. The van der Waals surface area contributed by atoms with E-state index in [4.69, 9.17) is 26.8 Å². The third-order valence-corrected chi connectivity index (χ3v) is 7.79. The summed E-state index contributed by atoms with van der Waals surface area (Å²) in [5.41, 5.74) is 7.14. The first-order chi connectivity index (χ1) is 19.6. The number of carbonyl (C=O) groups is 1. The van der Waals surface area contributed by atoms with Crippen molar-refractivity contribution < 1.29 is 27.2 Å². The molecule has 3 aromatic carbocycles. The lowest BCUT2D eigenvalue weighted by molar-refractivity contribution is -0.672. The second kappa shape index (κ2) is 10.0. The van der Waals surface area contributed by atoms with Crippen LogP contribution < -0.4 is 16.0 Å². The predicted octanol–water partition coefficient (Wildman–Crippen LogP) is 6.67. The molecule has 3 aromatic heterocycles. The summed E-state index contributed by atoms with van der Waals surface area (Å²) in [6.07, 6.45) is -4.51. The number of carbonyl (C=O) groups excluding carboxylic acids is 1. The van der Waals surface area contributed by atoms with E-state index >= 15 is 0 Å². The summed E-state index contributed by atoms with van der Waals surface area (Å²) in [6.45, 7) is 0. The number of thiophene rings is 1. The van der Waals surface area contributed by atoms with Gasteiger partial charge in [-0.2, -0.15) is 13.2 Å². The molecule has 41 heavy (non-hydrogen) atoms. The van der Waals surface area contributed by atoms with E-state index in [1.54, 1.807) is 60.7 Å². The number of fused-ring (bicyclic) bond motifs is 1. The molecule has 0 bridgehead atoms. The average molecular weight is 594 g/mol. The van der Waals surface area contributed by atoms with Crippen LogP contribution >= 0.6 is 22.9 Å². The van der Waals surface area contributed by atoms with Crippen LogP contribution in [0.2, 0.25) is 5.02 Å². The molecule has 7 nitrogen and oxygen atoms in total. The summed E-state index contributed by atoms with van der Waals surface area (Å²) in [5.74, 6) is -0.698. The zero-order chi connectivity index (χ0) is 28.9. The Morgan fingerprint density at radius 2 is 1.63 bits per heavy atom. The number of nitrogens with one attached hydrogen (secondary N) is 1. The molecule has 6 aromatic rings. The number of aromatic nitrogens is 3. The standard InChI is InChI=1S/C29H16ClF3N4O3S/c30-18-12-8-16(9-13-18)21-14-20(15-6-10-17(11-7-15)29(31,32)33)22-23(34)26(41-27(22)35-21)25(38)24-28(39)40-36-37(24)19-4-2-1-3-5-19/h1-14H,(H2-,34,36,38,39)/p+1. The highest BCUT2D eigenvalue weighted by Gasteiger charge is 2.35. The van der Waals surface area contributed by atoms with Crippen molar-refractivity contribution in [2.75, 3.05) is 5.73 Å². The van der Waals surface area contributed by atoms with E-state index in [0.717, 1.165) is 23.5 Å². The van der Waals surface area contributed by atoms with Crippen LogP contribution in [0.5, 0.6) is 0 Å². The average Bonchev–Trinajstić information content (AvgIpc) is 3.52. The summed E-state index contributed by atoms with van der Waals surface area (Å²) in [5, 5.41) is 3.33. The zero-order valence-corrected chi connectivity index (χ0v) is 22.3. The number of H-pyrrole nitrogens is 1. The molecule has 3 N–H and O–H groups in total. The molecule has 12 heteroatoms. The molecule has 0 atom stereocenters. The highest BCUT2D eigenvalue weighted by molar-refractivity contribution is 7.21. The van der Waals surface area contributed by atoms with Crippen LogP contribution in [0.25, 0.3) is 38.3 Å². The van der Waals surface area contributed by atoms with Crippen LogP contribution in [-0.2, 0) is 6.18 Å².